The van der Waals surface area contributed by atoms with Crippen LogP contribution in [0.25, 0.3) is 0 Å². The summed E-state index contributed by atoms with van der Waals surface area (Å²) in [7, 11) is 0. The molecule has 35 heavy (non-hydrogen) atoms. The van der Waals surface area contributed by atoms with Crippen molar-refractivity contribution in [1.29, 1.82) is 0 Å². The summed E-state index contributed by atoms with van der Waals surface area (Å²) in [6.07, 6.45) is 5.89. The summed E-state index contributed by atoms with van der Waals surface area (Å²) in [5, 5.41) is 4.53. The number of carbonyl (C=O) groups is 1. The predicted octanol–water partition coefficient (Wildman–Crippen LogP) is 5.61. The van der Waals surface area contributed by atoms with Gasteiger partial charge in [-0.3, -0.25) is 14.7 Å². The normalized spacial score (nSPS) is 19.6. The maximum Gasteiger partial charge on any atom is 0.255 e. The van der Waals surface area contributed by atoms with Crippen LogP contribution < -0.4 is 0 Å². The monoisotopic (exact) mass is 540 g/mol. The lowest BCUT2D eigenvalue weighted by Crippen LogP contribution is -2.56. The maximum absolute atomic E-state index is 13.2. The van der Waals surface area contributed by atoms with Crippen LogP contribution in [0, 0.1) is 19.8 Å². The van der Waals surface area contributed by atoms with E-state index in [1.807, 2.05) is 31.7 Å². The minimum absolute atomic E-state index is 0.121. The molecule has 0 atom stereocenters. The largest absolute Gasteiger partial charge is 0.396 e. The highest BCUT2D eigenvalue weighted by molar-refractivity contribution is 9.10. The number of carbonyl (C=O) groups excluding carboxylic acids is 1. The molecule has 0 spiro atoms. The van der Waals surface area contributed by atoms with Crippen molar-refractivity contribution in [2.24, 2.45) is 11.1 Å². The summed E-state index contributed by atoms with van der Waals surface area (Å²) in [6.45, 7) is 12.5. The molecule has 1 aromatic carbocycles. The van der Waals surface area contributed by atoms with Gasteiger partial charge in [-0.25, -0.2) is 0 Å². The Morgan fingerprint density at radius 1 is 1.11 bits per heavy atom. The Balaban J connectivity index is 1.38. The van der Waals surface area contributed by atoms with Crippen molar-refractivity contribution in [3.05, 3.63) is 63.4 Å². The molecule has 2 aliphatic rings. The Kier molecular flexibility index (Phi) is 8.27. The van der Waals surface area contributed by atoms with Crippen LogP contribution in [0.3, 0.4) is 0 Å². The number of hydrogen-bond acceptors (Lipinski definition) is 5. The Hall–Kier alpha value is -2.25. The van der Waals surface area contributed by atoms with Gasteiger partial charge in [-0.1, -0.05) is 33.2 Å². The maximum atomic E-state index is 13.2. The van der Waals surface area contributed by atoms with E-state index < -0.39 is 0 Å². The van der Waals surface area contributed by atoms with Crippen LogP contribution in [0.5, 0.6) is 0 Å². The number of amides is 1. The van der Waals surface area contributed by atoms with E-state index in [2.05, 4.69) is 62.2 Å². The molecule has 0 bridgehead atoms. The van der Waals surface area contributed by atoms with Crippen molar-refractivity contribution in [2.75, 3.05) is 32.8 Å². The first-order chi connectivity index (χ1) is 16.8. The van der Waals surface area contributed by atoms with E-state index in [4.69, 9.17) is 4.84 Å². The fourth-order valence-corrected chi connectivity index (χ4v) is 5.76. The number of rotatable bonds is 6. The second kappa shape index (κ2) is 11.2. The fourth-order valence-electron chi connectivity index (χ4n) is 5.49. The summed E-state index contributed by atoms with van der Waals surface area (Å²) < 4.78 is 1.07. The highest BCUT2D eigenvalue weighted by Crippen LogP contribution is 2.34. The number of aromatic nitrogens is 1. The van der Waals surface area contributed by atoms with Gasteiger partial charge in [0, 0.05) is 35.2 Å². The summed E-state index contributed by atoms with van der Waals surface area (Å²) in [6, 6.07) is 10.3. The quantitative estimate of drug-likeness (QED) is 0.353. The van der Waals surface area contributed by atoms with Gasteiger partial charge >= 0.3 is 0 Å². The van der Waals surface area contributed by atoms with Crippen molar-refractivity contribution in [3.63, 3.8) is 0 Å². The molecule has 0 aliphatic carbocycles. The molecule has 7 heteroatoms. The first kappa shape index (κ1) is 25.8. The van der Waals surface area contributed by atoms with Gasteiger partial charge in [0.1, 0.15) is 6.61 Å². The van der Waals surface area contributed by atoms with Gasteiger partial charge in [-0.05, 0) is 95.8 Å². The van der Waals surface area contributed by atoms with Gasteiger partial charge in [0.15, 0.2) is 0 Å². The lowest BCUT2D eigenvalue weighted by molar-refractivity contribution is 0.0161. The van der Waals surface area contributed by atoms with E-state index in [1.54, 1.807) is 6.20 Å². The van der Waals surface area contributed by atoms with Gasteiger partial charge in [0.25, 0.3) is 5.91 Å². The molecule has 4 rings (SSSR count). The highest BCUT2D eigenvalue weighted by Gasteiger charge is 2.39. The van der Waals surface area contributed by atoms with Gasteiger partial charge in [-0.2, -0.15) is 0 Å². The minimum Gasteiger partial charge on any atom is -0.396 e. The van der Waals surface area contributed by atoms with Crippen LogP contribution in [-0.4, -0.2) is 64.7 Å². The second-order valence-corrected chi connectivity index (χ2v) is 11.0. The van der Waals surface area contributed by atoms with Crippen LogP contribution in [0.15, 0.2) is 46.2 Å². The molecule has 2 aromatic rings. The van der Waals surface area contributed by atoms with E-state index in [1.165, 1.54) is 0 Å². The Morgan fingerprint density at radius 3 is 2.37 bits per heavy atom. The van der Waals surface area contributed by atoms with Crippen LogP contribution in [0.4, 0.5) is 0 Å². The number of aryl methyl sites for hydroxylation is 2. The third-order valence-corrected chi connectivity index (χ3v) is 8.30. The summed E-state index contributed by atoms with van der Waals surface area (Å²) in [5.74, 6) is 0.515. The number of oxime groups is 1. The first-order valence-electron chi connectivity index (χ1n) is 12.7. The van der Waals surface area contributed by atoms with Gasteiger partial charge in [-0.15, -0.1) is 0 Å². The van der Waals surface area contributed by atoms with Crippen molar-refractivity contribution in [2.45, 2.75) is 58.9 Å². The average molecular weight is 542 g/mol. The van der Waals surface area contributed by atoms with E-state index in [0.717, 1.165) is 84.4 Å². The molecule has 2 saturated heterocycles. The lowest BCUT2D eigenvalue weighted by Gasteiger charge is -2.49. The predicted molar refractivity (Wildman–Crippen MR) is 144 cm³/mol. The molecule has 3 heterocycles. The third-order valence-electron chi connectivity index (χ3n) is 7.77. The second-order valence-electron chi connectivity index (χ2n) is 10.0. The Labute approximate surface area is 217 Å². The van der Waals surface area contributed by atoms with Crippen molar-refractivity contribution in [3.8, 4) is 0 Å². The molecule has 0 saturated carbocycles. The molecule has 6 nitrogen and oxygen atoms in total. The SMILES string of the molecule is CCO/N=C(\c1ccc(Br)cc1)C1CCN(C2(C)CCN(C(=O)c3c(C)ccnc3C)CC2)CC1. The third kappa shape index (κ3) is 5.78. The molecule has 1 aromatic heterocycles. The topological polar surface area (TPSA) is 58.0 Å². The van der Waals surface area contributed by atoms with Crippen molar-refractivity contribution in [1.82, 2.24) is 14.8 Å². The van der Waals surface area contributed by atoms with Crippen molar-refractivity contribution >= 4 is 27.5 Å². The van der Waals surface area contributed by atoms with E-state index in [9.17, 15) is 4.79 Å². The molecular weight excluding hydrogens is 504 g/mol. The zero-order chi connectivity index (χ0) is 25.0. The molecule has 0 unspecified atom stereocenters. The number of nitrogens with zero attached hydrogens (tertiary/aromatic N) is 4. The van der Waals surface area contributed by atoms with Gasteiger partial charge in [0.05, 0.1) is 17.0 Å². The van der Waals surface area contributed by atoms with Crippen LogP contribution in [0.1, 0.15) is 66.7 Å². The number of likely N-dealkylation sites (tertiary alicyclic amines) is 2. The zero-order valence-electron chi connectivity index (χ0n) is 21.4. The number of hydrogen-bond donors (Lipinski definition) is 0. The highest BCUT2D eigenvalue weighted by atomic mass is 79.9. The minimum atomic E-state index is 0.121. The molecule has 0 N–H and O–H groups in total. The van der Waals surface area contributed by atoms with Gasteiger partial charge < -0.3 is 9.74 Å². The number of halogens is 1. The average Bonchev–Trinajstić information content (AvgIpc) is 2.86. The summed E-state index contributed by atoms with van der Waals surface area (Å²) in [4.78, 5) is 27.7. The summed E-state index contributed by atoms with van der Waals surface area (Å²) in [5.41, 5.74) is 4.92. The van der Waals surface area contributed by atoms with Gasteiger partial charge in [0.2, 0.25) is 0 Å². The van der Waals surface area contributed by atoms with Crippen LogP contribution in [0.2, 0.25) is 0 Å². The summed E-state index contributed by atoms with van der Waals surface area (Å²) >= 11 is 3.53. The van der Waals surface area contributed by atoms with Crippen LogP contribution >= 0.6 is 15.9 Å². The van der Waals surface area contributed by atoms with E-state index in [-0.39, 0.29) is 11.4 Å². The number of pyridine rings is 1. The van der Waals surface area contributed by atoms with E-state index >= 15 is 0 Å². The molecule has 2 fully saturated rings. The molecule has 2 aliphatic heterocycles. The smallest absolute Gasteiger partial charge is 0.255 e. The number of piperidine rings is 2. The standard InChI is InChI=1S/C28H37BrN4O2/c1-5-35-31-26(22-6-8-24(29)9-7-22)23-11-16-33(17-12-23)28(4)13-18-32(19-14-28)27(34)25-20(2)10-15-30-21(25)3/h6-10,15,23H,5,11-14,16-19H2,1-4H3/b31-26+. The van der Waals surface area contributed by atoms with Crippen molar-refractivity contribution < 1.29 is 9.63 Å². The van der Waals surface area contributed by atoms with E-state index in [0.29, 0.717) is 12.5 Å². The fraction of sp³-hybridized carbons (Fsp3) is 0.536. The first-order valence-corrected chi connectivity index (χ1v) is 13.5. The van der Waals surface area contributed by atoms with Crippen LogP contribution in [-0.2, 0) is 4.84 Å². The molecule has 188 valence electrons. The number of benzene rings is 1. The Bertz CT molecular complexity index is 1030. The Morgan fingerprint density at radius 2 is 1.77 bits per heavy atom. The lowest BCUT2D eigenvalue weighted by atomic mass is 9.82. The molecule has 0 radical (unpaired) electrons. The zero-order valence-corrected chi connectivity index (χ0v) is 23.0. The molecule has 1 amide bonds. The molecular formula is C28H37BrN4O2.